The number of carbonyl (C=O) groups excluding carboxylic acids is 2. The Labute approximate surface area is 124 Å². The molecule has 110 valence electrons. The zero-order valence-electron chi connectivity index (χ0n) is 12.3. The Morgan fingerprint density at radius 2 is 1.90 bits per heavy atom. The molecule has 0 saturated carbocycles. The van der Waals surface area contributed by atoms with Crippen LogP contribution in [0.4, 0.5) is 0 Å². The molecule has 0 aliphatic heterocycles. The van der Waals surface area contributed by atoms with Crippen LogP contribution in [0, 0.1) is 0 Å². The van der Waals surface area contributed by atoms with Crippen LogP contribution in [0.25, 0.3) is 10.8 Å². The molecule has 0 heterocycles. The van der Waals surface area contributed by atoms with Gasteiger partial charge < -0.3 is 10.1 Å². The number of hydrogen-bond donors (Lipinski definition) is 1. The van der Waals surface area contributed by atoms with E-state index in [9.17, 15) is 9.59 Å². The monoisotopic (exact) mass is 285 g/mol. The summed E-state index contributed by atoms with van der Waals surface area (Å²) in [6.45, 7) is 1.93. The Balaban J connectivity index is 2.21. The smallest absolute Gasteiger partial charge is 0.219 e. The van der Waals surface area contributed by atoms with Crippen LogP contribution in [-0.4, -0.2) is 25.3 Å². The molecule has 1 amide bonds. The summed E-state index contributed by atoms with van der Waals surface area (Å²) in [5, 5.41) is 4.53. The Morgan fingerprint density at radius 1 is 1.14 bits per heavy atom. The number of Topliss-reactive ketones (excluding diaryl/α,β-unsaturated/α-hetero) is 1. The largest absolute Gasteiger partial charge is 0.492 e. The summed E-state index contributed by atoms with van der Waals surface area (Å²) in [6.07, 6.45) is 1.02. The first-order chi connectivity index (χ1) is 10.1. The third-order valence-corrected chi connectivity index (χ3v) is 3.33. The zero-order chi connectivity index (χ0) is 15.2. The Bertz CT molecular complexity index is 664. The van der Waals surface area contributed by atoms with Gasteiger partial charge in [0.1, 0.15) is 5.75 Å². The second kappa shape index (κ2) is 6.88. The summed E-state index contributed by atoms with van der Waals surface area (Å²) >= 11 is 0. The van der Waals surface area contributed by atoms with E-state index in [0.717, 1.165) is 10.8 Å². The molecule has 1 N–H and O–H groups in total. The van der Waals surface area contributed by atoms with E-state index in [4.69, 9.17) is 4.74 Å². The minimum atomic E-state index is -0.0259. The number of ether oxygens (including phenoxy) is 1. The van der Waals surface area contributed by atoms with Crippen molar-refractivity contribution in [1.29, 1.82) is 0 Å². The first-order valence-corrected chi connectivity index (χ1v) is 6.99. The van der Waals surface area contributed by atoms with E-state index in [0.29, 0.717) is 30.8 Å². The molecule has 0 aliphatic rings. The summed E-state index contributed by atoms with van der Waals surface area (Å²) in [6, 6.07) is 11.5. The predicted octanol–water partition coefficient (Wildman–Crippen LogP) is 2.95. The Kier molecular flexibility index (Phi) is 4.93. The highest BCUT2D eigenvalue weighted by Crippen LogP contribution is 2.30. The number of carbonyl (C=O) groups is 2. The van der Waals surface area contributed by atoms with Gasteiger partial charge >= 0.3 is 0 Å². The van der Waals surface area contributed by atoms with Gasteiger partial charge in [-0.15, -0.1) is 0 Å². The lowest BCUT2D eigenvalue weighted by molar-refractivity contribution is -0.120. The Hall–Kier alpha value is -2.36. The topological polar surface area (TPSA) is 55.4 Å². The first kappa shape index (κ1) is 15.0. The number of hydrogen-bond acceptors (Lipinski definition) is 3. The van der Waals surface area contributed by atoms with Gasteiger partial charge in [-0.3, -0.25) is 9.59 Å². The molecular formula is C17H19NO3. The second-order valence-electron chi connectivity index (χ2n) is 4.84. The lowest BCUT2D eigenvalue weighted by atomic mass is 10.0. The maximum absolute atomic E-state index is 11.8. The molecule has 0 aromatic heterocycles. The predicted molar refractivity (Wildman–Crippen MR) is 82.7 cm³/mol. The van der Waals surface area contributed by atoms with Crippen molar-refractivity contribution in [3.63, 3.8) is 0 Å². The van der Waals surface area contributed by atoms with Crippen molar-refractivity contribution in [2.24, 2.45) is 0 Å². The molecule has 2 aromatic carbocycles. The van der Waals surface area contributed by atoms with Gasteiger partial charge in [0.25, 0.3) is 0 Å². The number of ketones is 1. The quantitative estimate of drug-likeness (QED) is 0.656. The lowest BCUT2D eigenvalue weighted by Gasteiger charge is -2.13. The van der Waals surface area contributed by atoms with E-state index in [-0.39, 0.29) is 11.7 Å². The van der Waals surface area contributed by atoms with Crippen molar-refractivity contribution in [3.8, 4) is 5.75 Å². The van der Waals surface area contributed by atoms with E-state index < -0.39 is 0 Å². The van der Waals surface area contributed by atoms with Crippen LogP contribution < -0.4 is 10.1 Å². The van der Waals surface area contributed by atoms with Gasteiger partial charge in [0.15, 0.2) is 5.78 Å². The van der Waals surface area contributed by atoms with Gasteiger partial charge in [0.05, 0.1) is 12.2 Å². The summed E-state index contributed by atoms with van der Waals surface area (Å²) in [5.74, 6) is 0.572. The maximum Gasteiger partial charge on any atom is 0.219 e. The van der Waals surface area contributed by atoms with Crippen LogP contribution >= 0.6 is 0 Å². The van der Waals surface area contributed by atoms with Crippen LogP contribution in [0.5, 0.6) is 5.75 Å². The highest BCUT2D eigenvalue weighted by Gasteiger charge is 2.12. The third kappa shape index (κ3) is 3.60. The fraction of sp³-hybridized carbons (Fsp3) is 0.294. The fourth-order valence-electron chi connectivity index (χ4n) is 2.21. The van der Waals surface area contributed by atoms with Crippen LogP contribution in [0.1, 0.15) is 30.1 Å². The van der Waals surface area contributed by atoms with Crippen molar-refractivity contribution in [1.82, 2.24) is 5.32 Å². The highest BCUT2D eigenvalue weighted by molar-refractivity contribution is 6.03. The molecule has 21 heavy (non-hydrogen) atoms. The van der Waals surface area contributed by atoms with Crippen molar-refractivity contribution in [3.05, 3.63) is 42.0 Å². The van der Waals surface area contributed by atoms with Crippen molar-refractivity contribution < 1.29 is 14.3 Å². The average molecular weight is 285 g/mol. The minimum Gasteiger partial charge on any atom is -0.492 e. The molecule has 0 unspecified atom stereocenters. The van der Waals surface area contributed by atoms with Gasteiger partial charge in [-0.1, -0.05) is 30.3 Å². The van der Waals surface area contributed by atoms with Gasteiger partial charge in [0.2, 0.25) is 5.91 Å². The minimum absolute atomic E-state index is 0.0108. The van der Waals surface area contributed by atoms with Crippen molar-refractivity contribution in [2.75, 3.05) is 13.7 Å². The van der Waals surface area contributed by atoms with Crippen LogP contribution in [0.3, 0.4) is 0 Å². The Morgan fingerprint density at radius 3 is 2.62 bits per heavy atom. The summed E-state index contributed by atoms with van der Waals surface area (Å²) in [4.78, 5) is 22.9. The SMILES string of the molecule is CNC(=O)CCCOc1c(C(C)=O)ccc2ccccc12. The van der Waals surface area contributed by atoms with Crippen LogP contribution in [-0.2, 0) is 4.79 Å². The van der Waals surface area contributed by atoms with Gasteiger partial charge in [0, 0.05) is 18.9 Å². The number of amides is 1. The van der Waals surface area contributed by atoms with E-state index in [1.807, 2.05) is 30.3 Å². The van der Waals surface area contributed by atoms with E-state index in [1.54, 1.807) is 13.1 Å². The first-order valence-electron chi connectivity index (χ1n) is 6.99. The fourth-order valence-corrected chi connectivity index (χ4v) is 2.21. The molecular weight excluding hydrogens is 266 g/mol. The number of benzene rings is 2. The normalized spacial score (nSPS) is 10.4. The molecule has 0 spiro atoms. The lowest BCUT2D eigenvalue weighted by Crippen LogP contribution is -2.18. The molecule has 2 rings (SSSR count). The number of nitrogens with one attached hydrogen (secondary N) is 1. The summed E-state index contributed by atoms with van der Waals surface area (Å²) < 4.78 is 5.81. The highest BCUT2D eigenvalue weighted by atomic mass is 16.5. The van der Waals surface area contributed by atoms with Crippen molar-refractivity contribution >= 4 is 22.5 Å². The van der Waals surface area contributed by atoms with E-state index >= 15 is 0 Å². The van der Waals surface area contributed by atoms with Gasteiger partial charge in [-0.2, -0.15) is 0 Å². The van der Waals surface area contributed by atoms with Crippen LogP contribution in [0.15, 0.2) is 36.4 Å². The molecule has 0 aliphatic carbocycles. The second-order valence-corrected chi connectivity index (χ2v) is 4.84. The van der Waals surface area contributed by atoms with Crippen LogP contribution in [0.2, 0.25) is 0 Å². The molecule has 4 heteroatoms. The van der Waals surface area contributed by atoms with Gasteiger partial charge in [-0.05, 0) is 24.8 Å². The third-order valence-electron chi connectivity index (χ3n) is 3.33. The zero-order valence-corrected chi connectivity index (χ0v) is 12.3. The molecule has 0 fully saturated rings. The number of rotatable bonds is 6. The molecule has 4 nitrogen and oxygen atoms in total. The molecule has 2 aromatic rings. The van der Waals surface area contributed by atoms with E-state index in [1.165, 1.54) is 6.92 Å². The maximum atomic E-state index is 11.8. The summed E-state index contributed by atoms with van der Waals surface area (Å²) in [7, 11) is 1.61. The van der Waals surface area contributed by atoms with Crippen molar-refractivity contribution in [2.45, 2.75) is 19.8 Å². The molecule has 0 atom stereocenters. The molecule has 0 bridgehead atoms. The van der Waals surface area contributed by atoms with Gasteiger partial charge in [-0.25, -0.2) is 0 Å². The summed E-state index contributed by atoms with van der Waals surface area (Å²) in [5.41, 5.74) is 0.577. The average Bonchev–Trinajstić information content (AvgIpc) is 2.50. The number of fused-ring (bicyclic) bond motifs is 1. The molecule has 0 saturated heterocycles. The molecule has 0 radical (unpaired) electrons. The standard InChI is InChI=1S/C17H19NO3/c1-12(19)14-10-9-13-6-3-4-7-15(13)17(14)21-11-5-8-16(20)18-2/h3-4,6-7,9-10H,5,8,11H2,1-2H3,(H,18,20). The van der Waals surface area contributed by atoms with E-state index in [2.05, 4.69) is 5.32 Å².